The van der Waals surface area contributed by atoms with Crippen LogP contribution in [0.25, 0.3) is 0 Å². The number of rotatable bonds is 2. The SMILES string of the molecule is S=C(S)N(N1CCSCC1)N(C(=S)S)N1CCCN1. The Balaban J connectivity index is 2.17. The lowest BCUT2D eigenvalue weighted by Crippen LogP contribution is -2.64. The minimum atomic E-state index is 0.448. The lowest BCUT2D eigenvalue weighted by atomic mass is 10.5. The average molecular weight is 356 g/mol. The fourth-order valence-electron chi connectivity index (χ4n) is 2.03. The summed E-state index contributed by atoms with van der Waals surface area (Å²) in [5.74, 6) is 2.15. The van der Waals surface area contributed by atoms with Gasteiger partial charge in [0.25, 0.3) is 0 Å². The number of hydrogen-bond donors (Lipinski definition) is 3. The largest absolute Gasteiger partial charge is 0.235 e. The molecule has 0 unspecified atom stereocenters. The topological polar surface area (TPSA) is 25.0 Å². The minimum absolute atomic E-state index is 0.448. The van der Waals surface area contributed by atoms with Crippen LogP contribution in [0.1, 0.15) is 6.42 Å². The van der Waals surface area contributed by atoms with Gasteiger partial charge in [0.15, 0.2) is 8.64 Å². The highest BCUT2D eigenvalue weighted by molar-refractivity contribution is 8.11. The highest BCUT2D eigenvalue weighted by Crippen LogP contribution is 2.19. The first-order valence-corrected chi connectivity index (χ1v) is 8.87. The second-order valence-corrected chi connectivity index (χ2v) is 7.55. The quantitative estimate of drug-likeness (QED) is 0.384. The predicted molar refractivity (Wildman–Crippen MR) is 95.1 cm³/mol. The van der Waals surface area contributed by atoms with Gasteiger partial charge in [0.1, 0.15) is 0 Å². The van der Waals surface area contributed by atoms with Gasteiger partial charge in [-0.15, -0.1) is 30.4 Å². The smallest absolute Gasteiger partial charge is 0.172 e. The van der Waals surface area contributed by atoms with Crippen molar-refractivity contribution >= 4 is 70.1 Å². The van der Waals surface area contributed by atoms with E-state index >= 15 is 0 Å². The second-order valence-electron chi connectivity index (χ2n) is 4.09. The zero-order valence-corrected chi connectivity index (χ0v) is 14.6. The van der Waals surface area contributed by atoms with Crippen LogP contribution in [-0.4, -0.2) is 66.7 Å². The van der Waals surface area contributed by atoms with E-state index in [0.717, 1.165) is 44.1 Å². The van der Waals surface area contributed by atoms with Crippen molar-refractivity contribution in [1.82, 2.24) is 25.8 Å². The van der Waals surface area contributed by atoms with Crippen molar-refractivity contribution in [3.05, 3.63) is 0 Å². The van der Waals surface area contributed by atoms with Crippen LogP contribution in [0.2, 0.25) is 0 Å². The molecule has 2 heterocycles. The summed E-state index contributed by atoms with van der Waals surface area (Å²) in [4.78, 5) is 0. The minimum Gasteiger partial charge on any atom is -0.235 e. The van der Waals surface area contributed by atoms with Crippen molar-refractivity contribution in [2.45, 2.75) is 6.42 Å². The van der Waals surface area contributed by atoms with Crippen molar-refractivity contribution in [3.8, 4) is 0 Å². The van der Waals surface area contributed by atoms with E-state index in [2.05, 4.69) is 35.7 Å². The Labute approximate surface area is 139 Å². The Morgan fingerprint density at radius 1 is 1.05 bits per heavy atom. The number of thiocarbonyl (C=S) groups is 2. The first-order valence-electron chi connectivity index (χ1n) is 6.01. The van der Waals surface area contributed by atoms with Gasteiger partial charge in [0.2, 0.25) is 0 Å². The molecule has 0 saturated carbocycles. The molecule has 0 aromatic heterocycles. The van der Waals surface area contributed by atoms with E-state index in [1.807, 2.05) is 22.0 Å². The number of hydrogen-bond acceptors (Lipinski definition) is 6. The number of hydrazine groups is 4. The Morgan fingerprint density at radius 3 is 2.16 bits per heavy atom. The Morgan fingerprint density at radius 2 is 1.68 bits per heavy atom. The molecule has 0 aromatic carbocycles. The predicted octanol–water partition coefficient (Wildman–Crippen LogP) is 1.02. The van der Waals surface area contributed by atoms with Gasteiger partial charge in [0, 0.05) is 37.7 Å². The highest BCUT2D eigenvalue weighted by atomic mass is 32.2. The first kappa shape index (κ1) is 16.1. The molecule has 0 aliphatic carbocycles. The van der Waals surface area contributed by atoms with E-state index in [0.29, 0.717) is 8.64 Å². The Kier molecular flexibility index (Phi) is 6.47. The van der Waals surface area contributed by atoms with Gasteiger partial charge in [-0.2, -0.15) is 27.0 Å². The zero-order chi connectivity index (χ0) is 13.8. The third-order valence-corrected chi connectivity index (χ3v) is 4.47. The summed E-state index contributed by atoms with van der Waals surface area (Å²) < 4.78 is 0.918. The summed E-state index contributed by atoms with van der Waals surface area (Å²) in [6, 6.07) is 0. The van der Waals surface area contributed by atoms with Crippen molar-refractivity contribution in [1.29, 1.82) is 0 Å². The molecule has 0 atom stereocenters. The summed E-state index contributed by atoms with van der Waals surface area (Å²) in [7, 11) is 0. The molecule has 5 nitrogen and oxygen atoms in total. The Bertz CT molecular complexity index is 342. The zero-order valence-electron chi connectivity index (χ0n) is 10.4. The molecule has 2 aliphatic rings. The fraction of sp³-hybridized carbons (Fsp3) is 0.778. The van der Waals surface area contributed by atoms with Crippen LogP contribution in [0.4, 0.5) is 0 Å². The second kappa shape index (κ2) is 7.64. The number of nitrogens with zero attached hydrogens (tertiary/aromatic N) is 4. The van der Waals surface area contributed by atoms with Crippen molar-refractivity contribution < 1.29 is 0 Å². The van der Waals surface area contributed by atoms with Gasteiger partial charge >= 0.3 is 0 Å². The molecule has 0 amide bonds. The number of nitrogens with one attached hydrogen (secondary N) is 1. The third kappa shape index (κ3) is 4.10. The average Bonchev–Trinajstić information content (AvgIpc) is 2.89. The van der Waals surface area contributed by atoms with Crippen molar-refractivity contribution in [2.24, 2.45) is 0 Å². The van der Waals surface area contributed by atoms with E-state index in [1.54, 1.807) is 5.12 Å². The van der Waals surface area contributed by atoms with Crippen LogP contribution in [0, 0.1) is 0 Å². The van der Waals surface area contributed by atoms with Gasteiger partial charge in [-0.1, -0.05) is 0 Å². The molecule has 0 bridgehead atoms. The maximum atomic E-state index is 5.28. The van der Waals surface area contributed by atoms with Crippen LogP contribution in [-0.2, 0) is 0 Å². The summed E-state index contributed by atoms with van der Waals surface area (Å²) >= 11 is 21.2. The van der Waals surface area contributed by atoms with E-state index in [9.17, 15) is 0 Å². The molecule has 10 heteroatoms. The molecule has 2 saturated heterocycles. The maximum Gasteiger partial charge on any atom is 0.172 e. The van der Waals surface area contributed by atoms with E-state index in [-0.39, 0.29) is 0 Å². The molecule has 2 fully saturated rings. The Hall–Kier alpha value is 0.710. The van der Waals surface area contributed by atoms with Crippen molar-refractivity contribution in [3.63, 3.8) is 0 Å². The molecule has 1 N–H and O–H groups in total. The molecule has 0 spiro atoms. The molecule has 19 heavy (non-hydrogen) atoms. The summed E-state index contributed by atoms with van der Waals surface area (Å²) in [5.41, 5.74) is 3.27. The van der Waals surface area contributed by atoms with E-state index in [4.69, 9.17) is 24.4 Å². The summed E-state index contributed by atoms with van der Waals surface area (Å²) in [6.07, 6.45) is 1.07. The number of thiol groups is 2. The molecule has 108 valence electrons. The first-order chi connectivity index (χ1) is 9.11. The molecule has 0 radical (unpaired) electrons. The van der Waals surface area contributed by atoms with E-state index in [1.165, 1.54) is 0 Å². The van der Waals surface area contributed by atoms with Gasteiger partial charge in [-0.25, -0.2) is 5.43 Å². The normalized spacial score (nSPS) is 21.4. The lowest BCUT2D eigenvalue weighted by Gasteiger charge is -2.46. The van der Waals surface area contributed by atoms with Gasteiger partial charge in [-0.3, -0.25) is 0 Å². The molecular weight excluding hydrogens is 338 g/mol. The summed E-state index contributed by atoms with van der Waals surface area (Å²) in [5, 5.41) is 7.73. The molecular formula is C9H17N5S5. The maximum absolute atomic E-state index is 5.28. The highest BCUT2D eigenvalue weighted by Gasteiger charge is 2.32. The van der Waals surface area contributed by atoms with Gasteiger partial charge in [-0.05, 0) is 30.9 Å². The lowest BCUT2D eigenvalue weighted by molar-refractivity contribution is -0.186. The standard InChI is InChI=1S/C9H17N5S5/c15-8(16)13(11-4-6-19-7-5-11)14(9(17)18)12-3-1-2-10-12/h10H,1-7H2,(H,15,16)(H,17,18). The summed E-state index contributed by atoms with van der Waals surface area (Å²) in [6.45, 7) is 3.64. The molecule has 2 rings (SSSR count). The van der Waals surface area contributed by atoms with Crippen molar-refractivity contribution in [2.75, 3.05) is 37.7 Å². The van der Waals surface area contributed by atoms with Crippen LogP contribution in [0.5, 0.6) is 0 Å². The van der Waals surface area contributed by atoms with Crippen LogP contribution >= 0.6 is 61.5 Å². The number of thioether (sulfide) groups is 1. The van der Waals surface area contributed by atoms with Crippen LogP contribution in [0.15, 0.2) is 0 Å². The van der Waals surface area contributed by atoms with Crippen LogP contribution in [0.3, 0.4) is 0 Å². The molecule has 2 aliphatic heterocycles. The molecule has 0 aromatic rings. The van der Waals surface area contributed by atoms with E-state index < -0.39 is 0 Å². The third-order valence-electron chi connectivity index (χ3n) is 2.85. The van der Waals surface area contributed by atoms with Gasteiger partial charge in [0.05, 0.1) is 0 Å². The van der Waals surface area contributed by atoms with Crippen LogP contribution < -0.4 is 5.43 Å². The monoisotopic (exact) mass is 355 g/mol. The van der Waals surface area contributed by atoms with Gasteiger partial charge < -0.3 is 0 Å². The fourth-order valence-corrected chi connectivity index (χ4v) is 3.69.